The Labute approximate surface area is 102 Å². The van der Waals surface area contributed by atoms with Crippen LogP contribution >= 0.6 is 0 Å². The van der Waals surface area contributed by atoms with Gasteiger partial charge in [0.25, 0.3) is 0 Å². The van der Waals surface area contributed by atoms with E-state index in [4.69, 9.17) is 0 Å². The predicted octanol–water partition coefficient (Wildman–Crippen LogP) is 2.25. The molecule has 0 aromatic carbocycles. The van der Waals surface area contributed by atoms with Gasteiger partial charge in [-0.3, -0.25) is 0 Å². The molecule has 0 bridgehead atoms. The van der Waals surface area contributed by atoms with Gasteiger partial charge in [-0.15, -0.1) is 0 Å². The first-order valence-electron chi connectivity index (χ1n) is 5.74. The van der Waals surface area contributed by atoms with E-state index >= 15 is 0 Å². The molecule has 1 aromatic heterocycles. The summed E-state index contributed by atoms with van der Waals surface area (Å²) < 4.78 is 4.58. The molecule has 0 saturated carbocycles. The van der Waals surface area contributed by atoms with Gasteiger partial charge in [-0.2, -0.15) is 0 Å². The van der Waals surface area contributed by atoms with Crippen molar-refractivity contribution >= 4 is 11.8 Å². The number of aromatic nitrogens is 2. The Morgan fingerprint density at radius 1 is 1.47 bits per heavy atom. The summed E-state index contributed by atoms with van der Waals surface area (Å²) in [6, 6.07) is 1.75. The van der Waals surface area contributed by atoms with E-state index in [0.717, 1.165) is 12.8 Å². The molecule has 1 heterocycles. The van der Waals surface area contributed by atoms with Crippen LogP contribution in [0.15, 0.2) is 12.3 Å². The Morgan fingerprint density at radius 2 is 2.12 bits per heavy atom. The van der Waals surface area contributed by atoms with Crippen LogP contribution in [-0.4, -0.2) is 28.6 Å². The summed E-state index contributed by atoms with van der Waals surface area (Å²) in [4.78, 5) is 19.3. The fraction of sp³-hybridized carbons (Fsp3) is 0.583. The maximum absolute atomic E-state index is 11.3. The SMILES string of the molecule is CCC(C)(CC)Nc1ccnc(C(=O)OC)n1. The average molecular weight is 237 g/mol. The van der Waals surface area contributed by atoms with Gasteiger partial charge in [0.15, 0.2) is 0 Å². The monoisotopic (exact) mass is 237 g/mol. The van der Waals surface area contributed by atoms with Crippen molar-refractivity contribution < 1.29 is 9.53 Å². The summed E-state index contributed by atoms with van der Waals surface area (Å²) in [5.41, 5.74) is -0.0260. The average Bonchev–Trinajstić information content (AvgIpc) is 2.38. The minimum absolute atomic E-state index is 0.0260. The Morgan fingerprint density at radius 3 is 2.65 bits per heavy atom. The Balaban J connectivity index is 2.89. The highest BCUT2D eigenvalue weighted by Crippen LogP contribution is 2.19. The first-order chi connectivity index (χ1) is 8.04. The third-order valence-corrected chi connectivity index (χ3v) is 3.01. The van der Waals surface area contributed by atoms with Crippen LogP contribution in [0.5, 0.6) is 0 Å². The zero-order valence-corrected chi connectivity index (χ0v) is 10.8. The molecule has 17 heavy (non-hydrogen) atoms. The standard InChI is InChI=1S/C12H19N3O2/c1-5-12(3,6-2)15-9-7-8-13-10(14-9)11(16)17-4/h7-8H,5-6H2,1-4H3,(H,13,14,15). The van der Waals surface area contributed by atoms with Crippen molar-refractivity contribution in [3.63, 3.8) is 0 Å². The van der Waals surface area contributed by atoms with Crippen LogP contribution < -0.4 is 5.32 Å². The van der Waals surface area contributed by atoms with Crippen LogP contribution in [0.3, 0.4) is 0 Å². The highest BCUT2D eigenvalue weighted by molar-refractivity contribution is 5.85. The summed E-state index contributed by atoms with van der Waals surface area (Å²) in [6.07, 6.45) is 3.50. The van der Waals surface area contributed by atoms with Crippen molar-refractivity contribution in [2.24, 2.45) is 0 Å². The first kappa shape index (κ1) is 13.4. The van der Waals surface area contributed by atoms with Crippen LogP contribution in [0.1, 0.15) is 44.2 Å². The van der Waals surface area contributed by atoms with E-state index in [1.807, 2.05) is 0 Å². The highest BCUT2D eigenvalue weighted by Gasteiger charge is 2.20. The molecule has 0 fully saturated rings. The molecule has 0 amide bonds. The Hall–Kier alpha value is -1.65. The number of ether oxygens (including phenoxy) is 1. The smallest absolute Gasteiger partial charge is 0.376 e. The summed E-state index contributed by atoms with van der Waals surface area (Å²) >= 11 is 0. The minimum atomic E-state index is -0.525. The second-order valence-electron chi connectivity index (χ2n) is 4.15. The summed E-state index contributed by atoms with van der Waals surface area (Å²) in [5.74, 6) is 0.196. The van der Waals surface area contributed by atoms with Crippen molar-refractivity contribution in [2.45, 2.75) is 39.2 Å². The molecule has 0 saturated heterocycles. The quantitative estimate of drug-likeness (QED) is 0.796. The second kappa shape index (κ2) is 5.61. The number of carbonyl (C=O) groups excluding carboxylic acids is 1. The lowest BCUT2D eigenvalue weighted by atomic mass is 9.96. The van der Waals surface area contributed by atoms with Crippen molar-refractivity contribution in [3.05, 3.63) is 18.1 Å². The van der Waals surface area contributed by atoms with E-state index in [1.54, 1.807) is 12.3 Å². The van der Waals surface area contributed by atoms with Gasteiger partial charge < -0.3 is 10.1 Å². The van der Waals surface area contributed by atoms with Gasteiger partial charge in [0.05, 0.1) is 7.11 Å². The largest absolute Gasteiger partial charge is 0.463 e. The first-order valence-corrected chi connectivity index (χ1v) is 5.74. The number of carbonyl (C=O) groups is 1. The fourth-order valence-corrected chi connectivity index (χ4v) is 1.35. The second-order valence-corrected chi connectivity index (χ2v) is 4.15. The normalized spacial score (nSPS) is 11.1. The van der Waals surface area contributed by atoms with E-state index in [9.17, 15) is 4.79 Å². The van der Waals surface area contributed by atoms with Gasteiger partial charge in [-0.25, -0.2) is 14.8 Å². The van der Waals surface area contributed by atoms with E-state index in [1.165, 1.54) is 7.11 Å². The molecule has 0 spiro atoms. The highest BCUT2D eigenvalue weighted by atomic mass is 16.5. The number of rotatable bonds is 5. The number of nitrogens with one attached hydrogen (secondary N) is 1. The molecule has 0 aliphatic rings. The molecule has 94 valence electrons. The number of nitrogens with zero attached hydrogens (tertiary/aromatic N) is 2. The van der Waals surface area contributed by atoms with Crippen molar-refractivity contribution in [1.29, 1.82) is 0 Å². The van der Waals surface area contributed by atoms with Crippen molar-refractivity contribution in [3.8, 4) is 0 Å². The molecule has 5 nitrogen and oxygen atoms in total. The molecule has 0 unspecified atom stereocenters. The lowest BCUT2D eigenvalue weighted by Gasteiger charge is -2.28. The number of hydrogen-bond donors (Lipinski definition) is 1. The zero-order valence-electron chi connectivity index (χ0n) is 10.8. The number of anilines is 1. The molecule has 0 radical (unpaired) electrons. The van der Waals surface area contributed by atoms with Gasteiger partial charge in [0.1, 0.15) is 5.82 Å². The van der Waals surface area contributed by atoms with Crippen LogP contribution in [0, 0.1) is 0 Å². The van der Waals surface area contributed by atoms with Gasteiger partial charge in [-0.05, 0) is 25.8 Å². The summed E-state index contributed by atoms with van der Waals surface area (Å²) in [7, 11) is 1.31. The van der Waals surface area contributed by atoms with Gasteiger partial charge in [0, 0.05) is 11.7 Å². The van der Waals surface area contributed by atoms with E-state index < -0.39 is 5.97 Å². The zero-order chi connectivity index (χ0) is 12.9. The van der Waals surface area contributed by atoms with Gasteiger partial charge in [-0.1, -0.05) is 13.8 Å². The summed E-state index contributed by atoms with van der Waals surface area (Å²) in [5, 5.41) is 3.32. The van der Waals surface area contributed by atoms with Crippen LogP contribution in [0.25, 0.3) is 0 Å². The lowest BCUT2D eigenvalue weighted by molar-refractivity contribution is 0.0587. The van der Waals surface area contributed by atoms with Crippen molar-refractivity contribution in [1.82, 2.24) is 9.97 Å². The number of hydrogen-bond acceptors (Lipinski definition) is 5. The molecule has 1 rings (SSSR count). The molecular formula is C12H19N3O2. The molecule has 1 N–H and O–H groups in total. The molecule has 0 aliphatic heterocycles. The number of methoxy groups -OCH3 is 1. The topological polar surface area (TPSA) is 64.1 Å². The fourth-order valence-electron chi connectivity index (χ4n) is 1.35. The van der Waals surface area contributed by atoms with E-state index in [2.05, 4.69) is 40.8 Å². The van der Waals surface area contributed by atoms with Crippen molar-refractivity contribution in [2.75, 3.05) is 12.4 Å². The maximum Gasteiger partial charge on any atom is 0.376 e. The molecule has 1 aromatic rings. The van der Waals surface area contributed by atoms with Gasteiger partial charge in [0.2, 0.25) is 5.82 Å². The van der Waals surface area contributed by atoms with Crippen LogP contribution in [0.2, 0.25) is 0 Å². The number of esters is 1. The van der Waals surface area contributed by atoms with E-state index in [-0.39, 0.29) is 11.4 Å². The molecule has 5 heteroatoms. The molecule has 0 aliphatic carbocycles. The maximum atomic E-state index is 11.3. The predicted molar refractivity (Wildman–Crippen MR) is 66.0 cm³/mol. The third-order valence-electron chi connectivity index (χ3n) is 3.01. The Kier molecular flexibility index (Phi) is 4.43. The molecule has 0 atom stereocenters. The van der Waals surface area contributed by atoms with E-state index in [0.29, 0.717) is 5.82 Å². The minimum Gasteiger partial charge on any atom is -0.463 e. The van der Waals surface area contributed by atoms with Crippen LogP contribution in [0.4, 0.5) is 5.82 Å². The Bertz CT molecular complexity index is 389. The summed E-state index contributed by atoms with van der Waals surface area (Å²) in [6.45, 7) is 6.34. The van der Waals surface area contributed by atoms with Crippen LogP contribution in [-0.2, 0) is 4.74 Å². The van der Waals surface area contributed by atoms with Gasteiger partial charge >= 0.3 is 5.97 Å². The molecular weight excluding hydrogens is 218 g/mol. The lowest BCUT2D eigenvalue weighted by Crippen LogP contribution is -2.33. The third kappa shape index (κ3) is 3.41.